The molecule has 0 aromatic heterocycles. The van der Waals surface area contributed by atoms with Crippen molar-refractivity contribution in [3.63, 3.8) is 0 Å². The molecular weight excluding hydrogens is 331 g/mol. The van der Waals surface area contributed by atoms with Crippen molar-refractivity contribution in [2.45, 2.75) is 4.90 Å². The van der Waals surface area contributed by atoms with Crippen LogP contribution in [0.5, 0.6) is 5.75 Å². The molecule has 0 saturated heterocycles. The summed E-state index contributed by atoms with van der Waals surface area (Å²) >= 11 is 3.35. The molecule has 2 rings (SSSR count). The molecule has 0 heterocycles. The van der Waals surface area contributed by atoms with Gasteiger partial charge in [0, 0.05) is 9.37 Å². The van der Waals surface area contributed by atoms with Crippen LogP contribution in [0.25, 0.3) is 0 Å². The monoisotopic (exact) mass is 342 g/mol. The van der Waals surface area contributed by atoms with E-state index in [1.54, 1.807) is 12.1 Å². The third kappa shape index (κ3) is 4.44. The maximum atomic E-state index is 13.0. The predicted molar refractivity (Wildman–Crippen MR) is 77.3 cm³/mol. The second-order valence-electron chi connectivity index (χ2n) is 3.81. The zero-order valence-electron chi connectivity index (χ0n) is 10.0. The fourth-order valence-electron chi connectivity index (χ4n) is 1.52. The Balaban J connectivity index is 1.87. The zero-order valence-corrected chi connectivity index (χ0v) is 12.4. The summed E-state index contributed by atoms with van der Waals surface area (Å²) in [7, 11) is -1.25. The van der Waals surface area contributed by atoms with Crippen LogP contribution in [0.2, 0.25) is 0 Å². The summed E-state index contributed by atoms with van der Waals surface area (Å²) in [6.45, 7) is 0.319. The second kappa shape index (κ2) is 6.82. The Morgan fingerprint density at radius 2 is 1.95 bits per heavy atom. The van der Waals surface area contributed by atoms with Crippen LogP contribution in [0.1, 0.15) is 0 Å². The molecule has 0 bridgehead atoms. The number of hydrogen-bond acceptors (Lipinski definition) is 2. The minimum atomic E-state index is -1.25. The van der Waals surface area contributed by atoms with Crippen molar-refractivity contribution >= 4 is 26.7 Å². The molecular formula is C14H12BrFO2S. The Morgan fingerprint density at radius 3 is 2.68 bits per heavy atom. The van der Waals surface area contributed by atoms with E-state index in [0.29, 0.717) is 23.0 Å². The number of rotatable bonds is 5. The molecule has 0 radical (unpaired) electrons. The standard InChI is InChI=1S/C14H12BrFO2S/c15-11-3-1-5-13(9-11)18-7-8-19(17)14-6-2-4-12(16)10-14/h1-6,9-10H,7-8H2. The lowest BCUT2D eigenvalue weighted by Crippen LogP contribution is -2.08. The minimum Gasteiger partial charge on any atom is -0.493 e. The Bertz CT molecular complexity index is 589. The van der Waals surface area contributed by atoms with Gasteiger partial charge >= 0.3 is 0 Å². The molecule has 19 heavy (non-hydrogen) atoms. The van der Waals surface area contributed by atoms with E-state index < -0.39 is 10.8 Å². The molecule has 0 saturated carbocycles. The largest absolute Gasteiger partial charge is 0.493 e. The smallest absolute Gasteiger partial charge is 0.124 e. The predicted octanol–water partition coefficient (Wildman–Crippen LogP) is 3.77. The topological polar surface area (TPSA) is 26.3 Å². The third-order valence-corrected chi connectivity index (χ3v) is 4.20. The van der Waals surface area contributed by atoms with Crippen LogP contribution in [-0.4, -0.2) is 16.6 Å². The zero-order chi connectivity index (χ0) is 13.7. The highest BCUT2D eigenvalue weighted by atomic mass is 79.9. The van der Waals surface area contributed by atoms with Gasteiger partial charge in [0.15, 0.2) is 0 Å². The van der Waals surface area contributed by atoms with Gasteiger partial charge < -0.3 is 4.74 Å². The molecule has 0 amide bonds. The van der Waals surface area contributed by atoms with Crippen LogP contribution in [0.15, 0.2) is 57.9 Å². The SMILES string of the molecule is O=S(CCOc1cccc(Br)c1)c1cccc(F)c1. The van der Waals surface area contributed by atoms with Gasteiger partial charge in [0.2, 0.25) is 0 Å². The normalized spacial score (nSPS) is 12.1. The summed E-state index contributed by atoms with van der Waals surface area (Å²) in [6, 6.07) is 13.3. The molecule has 100 valence electrons. The maximum Gasteiger partial charge on any atom is 0.124 e. The van der Waals surface area contributed by atoms with Crippen molar-refractivity contribution in [1.82, 2.24) is 0 Å². The summed E-state index contributed by atoms with van der Waals surface area (Å²) < 4.78 is 31.3. The highest BCUT2D eigenvalue weighted by molar-refractivity contribution is 9.10. The van der Waals surface area contributed by atoms with E-state index in [4.69, 9.17) is 4.74 Å². The molecule has 0 spiro atoms. The summed E-state index contributed by atoms with van der Waals surface area (Å²) in [6.07, 6.45) is 0. The molecule has 0 aliphatic rings. The molecule has 5 heteroatoms. The van der Waals surface area contributed by atoms with Gasteiger partial charge in [-0.15, -0.1) is 0 Å². The third-order valence-electron chi connectivity index (χ3n) is 2.39. The molecule has 2 aromatic carbocycles. The molecule has 0 N–H and O–H groups in total. The number of hydrogen-bond donors (Lipinski definition) is 0. The number of ether oxygens (including phenoxy) is 1. The Hall–Kier alpha value is -1.20. The maximum absolute atomic E-state index is 13.0. The van der Waals surface area contributed by atoms with Crippen molar-refractivity contribution in [1.29, 1.82) is 0 Å². The molecule has 1 unspecified atom stereocenters. The van der Waals surface area contributed by atoms with Crippen LogP contribution in [0, 0.1) is 5.82 Å². The highest BCUT2D eigenvalue weighted by Gasteiger charge is 2.05. The number of halogens is 2. The molecule has 2 nitrogen and oxygen atoms in total. The molecule has 0 aliphatic carbocycles. The average molecular weight is 343 g/mol. The van der Waals surface area contributed by atoms with Crippen molar-refractivity contribution in [2.24, 2.45) is 0 Å². The van der Waals surface area contributed by atoms with E-state index in [1.807, 2.05) is 24.3 Å². The van der Waals surface area contributed by atoms with Gasteiger partial charge in [0.25, 0.3) is 0 Å². The van der Waals surface area contributed by atoms with Gasteiger partial charge in [-0.3, -0.25) is 4.21 Å². The first-order valence-corrected chi connectivity index (χ1v) is 7.78. The lowest BCUT2D eigenvalue weighted by atomic mass is 10.3. The van der Waals surface area contributed by atoms with Crippen molar-refractivity contribution in [2.75, 3.05) is 12.4 Å². The Morgan fingerprint density at radius 1 is 1.16 bits per heavy atom. The van der Waals surface area contributed by atoms with Crippen LogP contribution >= 0.6 is 15.9 Å². The van der Waals surface area contributed by atoms with Crippen LogP contribution in [0.4, 0.5) is 4.39 Å². The molecule has 1 atom stereocenters. The first-order valence-electron chi connectivity index (χ1n) is 5.67. The summed E-state index contributed by atoms with van der Waals surface area (Å²) in [5.41, 5.74) is 0. The Kier molecular flexibility index (Phi) is 5.10. The fraction of sp³-hybridized carbons (Fsp3) is 0.143. The van der Waals surface area contributed by atoms with E-state index >= 15 is 0 Å². The summed E-state index contributed by atoms with van der Waals surface area (Å²) in [5, 5.41) is 0. The van der Waals surface area contributed by atoms with Gasteiger partial charge in [-0.2, -0.15) is 0 Å². The van der Waals surface area contributed by atoms with Crippen LogP contribution < -0.4 is 4.74 Å². The van der Waals surface area contributed by atoms with E-state index in [0.717, 1.165) is 4.47 Å². The average Bonchev–Trinajstić information content (AvgIpc) is 2.38. The fourth-order valence-corrected chi connectivity index (χ4v) is 2.84. The quantitative estimate of drug-likeness (QED) is 0.826. The summed E-state index contributed by atoms with van der Waals surface area (Å²) in [5.74, 6) is 0.667. The minimum absolute atomic E-state index is 0.319. The first-order chi connectivity index (χ1) is 9.15. The van der Waals surface area contributed by atoms with Gasteiger partial charge in [0.1, 0.15) is 18.2 Å². The lowest BCUT2D eigenvalue weighted by Gasteiger charge is -2.06. The van der Waals surface area contributed by atoms with Gasteiger partial charge in [-0.1, -0.05) is 28.1 Å². The van der Waals surface area contributed by atoms with Crippen molar-refractivity contribution in [3.05, 3.63) is 58.8 Å². The molecule has 2 aromatic rings. The van der Waals surface area contributed by atoms with Crippen LogP contribution in [-0.2, 0) is 10.8 Å². The van der Waals surface area contributed by atoms with Crippen molar-refractivity contribution in [3.8, 4) is 5.75 Å². The van der Waals surface area contributed by atoms with E-state index in [9.17, 15) is 8.60 Å². The van der Waals surface area contributed by atoms with Crippen molar-refractivity contribution < 1.29 is 13.3 Å². The van der Waals surface area contributed by atoms with E-state index in [2.05, 4.69) is 15.9 Å². The van der Waals surface area contributed by atoms with Gasteiger partial charge in [0.05, 0.1) is 16.6 Å². The first kappa shape index (κ1) is 14.2. The lowest BCUT2D eigenvalue weighted by molar-refractivity contribution is 0.342. The van der Waals surface area contributed by atoms with Crippen LogP contribution in [0.3, 0.4) is 0 Å². The summed E-state index contributed by atoms with van der Waals surface area (Å²) in [4.78, 5) is 0.484. The molecule has 0 aliphatic heterocycles. The second-order valence-corrected chi connectivity index (χ2v) is 6.30. The van der Waals surface area contributed by atoms with E-state index in [-0.39, 0.29) is 5.82 Å². The van der Waals surface area contributed by atoms with Gasteiger partial charge in [-0.05, 0) is 36.4 Å². The van der Waals surface area contributed by atoms with Gasteiger partial charge in [-0.25, -0.2) is 4.39 Å². The van der Waals surface area contributed by atoms with E-state index in [1.165, 1.54) is 12.1 Å². The highest BCUT2D eigenvalue weighted by Crippen LogP contribution is 2.17. The number of benzene rings is 2. The Labute approximate surface area is 122 Å². The molecule has 0 fully saturated rings.